The van der Waals surface area contributed by atoms with Crippen molar-refractivity contribution in [2.24, 2.45) is 0 Å². The molecule has 8 heteroatoms. The first-order chi connectivity index (χ1) is 14.4. The molecule has 0 saturated carbocycles. The predicted octanol–water partition coefficient (Wildman–Crippen LogP) is 3.45. The number of aromatic nitrogens is 2. The Hall–Kier alpha value is -2.97. The van der Waals surface area contributed by atoms with Gasteiger partial charge >= 0.3 is 0 Å². The molecule has 1 amide bonds. The van der Waals surface area contributed by atoms with Gasteiger partial charge in [-0.2, -0.15) is 9.40 Å². The van der Waals surface area contributed by atoms with Crippen LogP contribution < -0.4 is 5.32 Å². The molecule has 1 heterocycles. The highest BCUT2D eigenvalue weighted by Crippen LogP contribution is 2.25. The molecule has 1 atom stereocenters. The normalized spacial score (nSPS) is 12.7. The fraction of sp³-hybridized carbons (Fsp3) is 0.273. The largest absolute Gasteiger partial charge is 0.324 e. The molecular formula is C22H26N4O3S. The molecule has 1 unspecified atom stereocenters. The lowest BCUT2D eigenvalue weighted by Gasteiger charge is -2.21. The molecule has 1 N–H and O–H groups in total. The minimum absolute atomic E-state index is 0.194. The van der Waals surface area contributed by atoms with Crippen molar-refractivity contribution in [2.75, 3.05) is 18.4 Å². The van der Waals surface area contributed by atoms with E-state index >= 15 is 0 Å². The van der Waals surface area contributed by atoms with Gasteiger partial charge in [-0.15, -0.1) is 0 Å². The number of hydrogen-bond acceptors (Lipinski definition) is 4. The van der Waals surface area contributed by atoms with E-state index in [1.165, 1.54) is 10.4 Å². The molecule has 0 bridgehead atoms. The lowest BCUT2D eigenvalue weighted by molar-refractivity contribution is -0.118. The van der Waals surface area contributed by atoms with Gasteiger partial charge in [0.05, 0.1) is 4.90 Å². The van der Waals surface area contributed by atoms with E-state index in [1.54, 1.807) is 56.0 Å². The average molecular weight is 427 g/mol. The minimum Gasteiger partial charge on any atom is -0.324 e. The van der Waals surface area contributed by atoms with Crippen molar-refractivity contribution in [3.05, 3.63) is 78.1 Å². The summed E-state index contributed by atoms with van der Waals surface area (Å²) in [6.07, 6.45) is 3.34. The van der Waals surface area contributed by atoms with Gasteiger partial charge in [-0.05, 0) is 36.2 Å². The second-order valence-corrected chi connectivity index (χ2v) is 8.76. The van der Waals surface area contributed by atoms with Crippen molar-refractivity contribution in [3.63, 3.8) is 0 Å². The molecule has 3 aromatic rings. The quantitative estimate of drug-likeness (QED) is 0.598. The predicted molar refractivity (Wildman–Crippen MR) is 117 cm³/mol. The van der Waals surface area contributed by atoms with Gasteiger partial charge in [0.1, 0.15) is 0 Å². The van der Waals surface area contributed by atoms with E-state index in [0.717, 1.165) is 5.56 Å². The number of rotatable bonds is 8. The lowest BCUT2D eigenvalue weighted by atomic mass is 10.1. The zero-order valence-corrected chi connectivity index (χ0v) is 18.1. The molecule has 158 valence electrons. The molecule has 0 radical (unpaired) electrons. The van der Waals surface area contributed by atoms with Crippen molar-refractivity contribution >= 4 is 21.6 Å². The van der Waals surface area contributed by atoms with Gasteiger partial charge in [0.2, 0.25) is 10.0 Å². The molecule has 30 heavy (non-hydrogen) atoms. The van der Waals surface area contributed by atoms with Crippen LogP contribution in [0.5, 0.6) is 0 Å². The van der Waals surface area contributed by atoms with Gasteiger partial charge in [-0.1, -0.05) is 50.2 Å². The number of carbonyl (C=O) groups excluding carboxylic acids is 1. The summed E-state index contributed by atoms with van der Waals surface area (Å²) in [6, 6.07) is 15.3. The molecule has 3 rings (SSSR count). The zero-order valence-electron chi connectivity index (χ0n) is 17.3. The Morgan fingerprint density at radius 1 is 1.10 bits per heavy atom. The van der Waals surface area contributed by atoms with Crippen LogP contribution in [0.1, 0.15) is 31.0 Å². The molecule has 7 nitrogen and oxygen atoms in total. The maximum atomic E-state index is 13.2. The molecular weight excluding hydrogens is 400 g/mol. The van der Waals surface area contributed by atoms with Crippen LogP contribution in [-0.4, -0.2) is 41.5 Å². The molecule has 0 spiro atoms. The number of amides is 1. The smallest absolute Gasteiger partial charge is 0.253 e. The van der Waals surface area contributed by atoms with E-state index in [4.69, 9.17) is 0 Å². The van der Waals surface area contributed by atoms with E-state index in [9.17, 15) is 13.2 Å². The number of nitrogens with zero attached hydrogens (tertiary/aromatic N) is 3. The maximum absolute atomic E-state index is 13.2. The number of nitrogens with one attached hydrogen (secondary N) is 1. The van der Waals surface area contributed by atoms with Crippen molar-refractivity contribution in [2.45, 2.75) is 31.7 Å². The molecule has 0 aliphatic heterocycles. The first-order valence-corrected chi connectivity index (χ1v) is 11.3. The Morgan fingerprint density at radius 3 is 2.40 bits per heavy atom. The van der Waals surface area contributed by atoms with E-state index in [1.807, 2.05) is 30.3 Å². The molecule has 0 aliphatic carbocycles. The summed E-state index contributed by atoms with van der Waals surface area (Å²) in [5, 5.41) is 7.09. The lowest BCUT2D eigenvalue weighted by Crippen LogP contribution is -2.31. The number of sulfonamides is 1. The highest BCUT2D eigenvalue weighted by molar-refractivity contribution is 7.89. The third-order valence-corrected chi connectivity index (χ3v) is 7.12. The SMILES string of the molecule is CCN(CC)S(=O)(=O)c1cc(NC(=O)C(c2ccccc2)n2cccn2)ccc1C. The molecule has 0 saturated heterocycles. The molecule has 0 aliphatic rings. The van der Waals surface area contributed by atoms with Crippen LogP contribution in [-0.2, 0) is 14.8 Å². The van der Waals surface area contributed by atoms with Gasteiger partial charge in [-0.25, -0.2) is 8.42 Å². The van der Waals surface area contributed by atoms with Crippen LogP contribution in [0.2, 0.25) is 0 Å². The Balaban J connectivity index is 1.95. The van der Waals surface area contributed by atoms with Crippen LogP contribution in [0, 0.1) is 6.92 Å². The Kier molecular flexibility index (Phi) is 6.69. The van der Waals surface area contributed by atoms with Crippen LogP contribution in [0.3, 0.4) is 0 Å². The highest BCUT2D eigenvalue weighted by atomic mass is 32.2. The van der Waals surface area contributed by atoms with Gasteiger partial charge < -0.3 is 5.32 Å². The summed E-state index contributed by atoms with van der Waals surface area (Å²) in [7, 11) is -3.64. The van der Waals surface area contributed by atoms with Crippen LogP contribution in [0.15, 0.2) is 71.9 Å². The molecule has 1 aromatic heterocycles. The van der Waals surface area contributed by atoms with Gasteiger partial charge in [0.15, 0.2) is 6.04 Å². The zero-order chi connectivity index (χ0) is 21.7. The monoisotopic (exact) mass is 426 g/mol. The first kappa shape index (κ1) is 21.7. The fourth-order valence-electron chi connectivity index (χ4n) is 3.36. The van der Waals surface area contributed by atoms with Gasteiger partial charge in [-0.3, -0.25) is 9.48 Å². The Morgan fingerprint density at radius 2 is 1.80 bits per heavy atom. The van der Waals surface area contributed by atoms with E-state index in [2.05, 4.69) is 10.4 Å². The molecule has 0 fully saturated rings. The third-order valence-electron chi connectivity index (χ3n) is 4.93. The number of anilines is 1. The standard InChI is InChI=1S/C22H26N4O3S/c1-4-25(5-2)30(28,29)20-16-19(13-12-17(20)3)24-22(27)21(26-15-9-14-23-26)18-10-7-6-8-11-18/h6-16,21H,4-5H2,1-3H3,(H,24,27). The summed E-state index contributed by atoms with van der Waals surface area (Å²) < 4.78 is 29.0. The molecule has 2 aromatic carbocycles. The van der Waals surface area contributed by atoms with E-state index in [0.29, 0.717) is 24.3 Å². The maximum Gasteiger partial charge on any atom is 0.253 e. The van der Waals surface area contributed by atoms with E-state index < -0.39 is 16.1 Å². The number of aryl methyl sites for hydroxylation is 1. The highest BCUT2D eigenvalue weighted by Gasteiger charge is 2.26. The summed E-state index contributed by atoms with van der Waals surface area (Å²) in [6.45, 7) is 6.11. The Labute approximate surface area is 177 Å². The second kappa shape index (κ2) is 9.23. The summed E-state index contributed by atoms with van der Waals surface area (Å²) in [5.74, 6) is -0.306. The topological polar surface area (TPSA) is 84.3 Å². The van der Waals surface area contributed by atoms with Crippen molar-refractivity contribution in [1.29, 1.82) is 0 Å². The van der Waals surface area contributed by atoms with Crippen molar-refractivity contribution in [3.8, 4) is 0 Å². The van der Waals surface area contributed by atoms with Crippen molar-refractivity contribution in [1.82, 2.24) is 14.1 Å². The fourth-order valence-corrected chi connectivity index (χ4v) is 5.07. The number of benzene rings is 2. The number of carbonyl (C=O) groups is 1. The average Bonchev–Trinajstić information content (AvgIpc) is 3.25. The van der Waals surface area contributed by atoms with E-state index in [-0.39, 0.29) is 10.8 Å². The summed E-state index contributed by atoms with van der Waals surface area (Å²) in [5.41, 5.74) is 1.83. The van der Waals surface area contributed by atoms with Crippen LogP contribution >= 0.6 is 0 Å². The van der Waals surface area contributed by atoms with Gasteiger partial charge in [0, 0.05) is 31.2 Å². The van der Waals surface area contributed by atoms with Crippen LogP contribution in [0.25, 0.3) is 0 Å². The summed E-state index contributed by atoms with van der Waals surface area (Å²) >= 11 is 0. The van der Waals surface area contributed by atoms with Gasteiger partial charge in [0.25, 0.3) is 5.91 Å². The van der Waals surface area contributed by atoms with Crippen molar-refractivity contribution < 1.29 is 13.2 Å². The Bertz CT molecular complexity index is 1090. The second-order valence-electron chi connectivity index (χ2n) is 6.86. The number of hydrogen-bond donors (Lipinski definition) is 1. The summed E-state index contributed by atoms with van der Waals surface area (Å²) in [4.78, 5) is 13.4. The first-order valence-electron chi connectivity index (χ1n) is 9.84. The minimum atomic E-state index is -3.64. The third kappa shape index (κ3) is 4.44. The van der Waals surface area contributed by atoms with Crippen LogP contribution in [0.4, 0.5) is 5.69 Å².